The zero-order valence-corrected chi connectivity index (χ0v) is 17.5. The molecular formula is C25H29N3O2. The Hall–Kier alpha value is -2.69. The molecular weight excluding hydrogens is 374 g/mol. The van der Waals surface area contributed by atoms with Crippen LogP contribution in [0.15, 0.2) is 48.7 Å². The van der Waals surface area contributed by atoms with Crippen LogP contribution in [0.2, 0.25) is 0 Å². The van der Waals surface area contributed by atoms with Crippen LogP contribution in [0, 0.1) is 24.7 Å². The highest BCUT2D eigenvalue weighted by Crippen LogP contribution is 2.46. The van der Waals surface area contributed by atoms with Crippen LogP contribution in [0.25, 0.3) is 0 Å². The van der Waals surface area contributed by atoms with E-state index in [9.17, 15) is 9.59 Å². The Labute approximate surface area is 178 Å². The molecule has 2 aliphatic heterocycles. The number of aromatic nitrogens is 1. The predicted octanol–water partition coefficient (Wildman–Crippen LogP) is 3.85. The van der Waals surface area contributed by atoms with Gasteiger partial charge in [0.25, 0.3) is 5.91 Å². The smallest absolute Gasteiger partial charge is 0.272 e. The van der Waals surface area contributed by atoms with Crippen molar-refractivity contribution in [3.63, 3.8) is 0 Å². The van der Waals surface area contributed by atoms with Crippen molar-refractivity contribution in [1.29, 1.82) is 0 Å². The molecule has 1 aromatic heterocycles. The van der Waals surface area contributed by atoms with E-state index in [1.54, 1.807) is 12.3 Å². The van der Waals surface area contributed by atoms with Gasteiger partial charge < -0.3 is 9.80 Å². The molecule has 3 atom stereocenters. The average Bonchev–Trinajstić information content (AvgIpc) is 3.50. The van der Waals surface area contributed by atoms with Crippen molar-refractivity contribution in [3.8, 4) is 0 Å². The summed E-state index contributed by atoms with van der Waals surface area (Å²) in [4.78, 5) is 34.9. The molecule has 3 aliphatic rings. The maximum absolute atomic E-state index is 13.4. The molecule has 5 rings (SSSR count). The minimum absolute atomic E-state index is 0.00733. The van der Waals surface area contributed by atoms with Crippen LogP contribution >= 0.6 is 0 Å². The van der Waals surface area contributed by atoms with Crippen molar-refractivity contribution in [2.75, 3.05) is 19.6 Å². The zero-order chi connectivity index (χ0) is 20.7. The number of nitrogens with zero attached hydrogens (tertiary/aromatic N) is 3. The average molecular weight is 404 g/mol. The first-order valence-electron chi connectivity index (χ1n) is 11.2. The first kappa shape index (κ1) is 19.3. The van der Waals surface area contributed by atoms with Crippen molar-refractivity contribution in [2.24, 2.45) is 17.8 Å². The highest BCUT2D eigenvalue weighted by molar-refractivity contribution is 5.93. The summed E-state index contributed by atoms with van der Waals surface area (Å²) < 4.78 is 0. The monoisotopic (exact) mass is 403 g/mol. The summed E-state index contributed by atoms with van der Waals surface area (Å²) in [5, 5.41) is 0. The van der Waals surface area contributed by atoms with E-state index < -0.39 is 0 Å². The Bertz CT molecular complexity index is 938. The summed E-state index contributed by atoms with van der Waals surface area (Å²) in [5.41, 5.74) is 2.89. The number of pyridine rings is 1. The first-order valence-corrected chi connectivity index (χ1v) is 11.2. The third kappa shape index (κ3) is 3.30. The molecule has 0 bridgehead atoms. The van der Waals surface area contributed by atoms with Gasteiger partial charge in [-0.2, -0.15) is 0 Å². The van der Waals surface area contributed by atoms with Gasteiger partial charge in [0.05, 0.1) is 6.04 Å². The van der Waals surface area contributed by atoms with Crippen molar-refractivity contribution < 1.29 is 9.59 Å². The third-order valence-electron chi connectivity index (χ3n) is 7.33. The lowest BCUT2D eigenvalue weighted by Crippen LogP contribution is -2.39. The van der Waals surface area contributed by atoms with E-state index in [2.05, 4.69) is 35.0 Å². The Morgan fingerprint density at radius 1 is 0.967 bits per heavy atom. The van der Waals surface area contributed by atoms with E-state index in [1.807, 2.05) is 23.1 Å². The summed E-state index contributed by atoms with van der Waals surface area (Å²) >= 11 is 0. The maximum Gasteiger partial charge on any atom is 0.272 e. The number of carbonyl (C=O) groups excluding carboxylic acids is 2. The SMILES string of the molecule is Cc1ccccc1[C@@H]1[C@H]2CN(C(=O)C3CCCC3)C[C@H]2CN1C(=O)c1ccccn1. The second-order valence-electron chi connectivity index (χ2n) is 9.12. The molecule has 30 heavy (non-hydrogen) atoms. The van der Waals surface area contributed by atoms with Gasteiger partial charge in [0.1, 0.15) is 5.69 Å². The maximum atomic E-state index is 13.4. The minimum Gasteiger partial charge on any atom is -0.342 e. The highest BCUT2D eigenvalue weighted by Gasteiger charge is 2.51. The standard InChI is InChI=1S/C25H29N3O2/c1-17-8-2-5-11-20(17)23-21-16-27(24(29)18-9-3-4-10-18)14-19(21)15-28(23)25(30)22-12-6-7-13-26-22/h2,5-8,11-13,18-19,21,23H,3-4,9-10,14-16H2,1H3/t19-,21-,23+/m0/s1. The van der Waals surface area contributed by atoms with E-state index >= 15 is 0 Å². The number of hydrogen-bond acceptors (Lipinski definition) is 3. The van der Waals surface area contributed by atoms with E-state index in [1.165, 1.54) is 24.0 Å². The molecule has 0 radical (unpaired) electrons. The summed E-state index contributed by atoms with van der Waals surface area (Å²) in [7, 11) is 0. The lowest BCUT2D eigenvalue weighted by molar-refractivity contribution is -0.134. The molecule has 1 aromatic carbocycles. The van der Waals surface area contributed by atoms with Crippen molar-refractivity contribution >= 4 is 11.8 Å². The Kier molecular flexibility index (Phi) is 5.05. The predicted molar refractivity (Wildman–Crippen MR) is 115 cm³/mol. The van der Waals surface area contributed by atoms with Gasteiger partial charge in [-0.25, -0.2) is 0 Å². The molecule has 0 spiro atoms. The minimum atomic E-state index is -0.00748. The van der Waals surface area contributed by atoms with Crippen LogP contribution in [-0.2, 0) is 4.79 Å². The van der Waals surface area contributed by atoms with E-state index in [0.717, 1.165) is 25.9 Å². The van der Waals surface area contributed by atoms with Crippen LogP contribution in [-0.4, -0.2) is 46.2 Å². The van der Waals surface area contributed by atoms with Gasteiger partial charge in [-0.3, -0.25) is 14.6 Å². The molecule has 0 N–H and O–H groups in total. The number of fused-ring (bicyclic) bond motifs is 1. The topological polar surface area (TPSA) is 53.5 Å². The molecule has 5 nitrogen and oxygen atoms in total. The fourth-order valence-electron chi connectivity index (χ4n) is 5.82. The van der Waals surface area contributed by atoms with E-state index in [4.69, 9.17) is 0 Å². The molecule has 0 unspecified atom stereocenters. The molecule has 2 aromatic rings. The largest absolute Gasteiger partial charge is 0.342 e. The number of carbonyl (C=O) groups is 2. The normalized spacial score (nSPS) is 26.2. The lowest BCUT2D eigenvalue weighted by atomic mass is 9.87. The molecule has 2 saturated heterocycles. The quantitative estimate of drug-likeness (QED) is 0.782. The lowest BCUT2D eigenvalue weighted by Gasteiger charge is -2.31. The molecule has 1 saturated carbocycles. The summed E-state index contributed by atoms with van der Waals surface area (Å²) in [6.45, 7) is 4.33. The molecule has 156 valence electrons. The van der Waals surface area contributed by atoms with E-state index in [-0.39, 0.29) is 23.8 Å². The number of hydrogen-bond donors (Lipinski definition) is 0. The van der Waals surface area contributed by atoms with Gasteiger partial charge in [0, 0.05) is 43.6 Å². The first-order chi connectivity index (χ1) is 14.6. The van der Waals surface area contributed by atoms with Gasteiger partial charge in [-0.05, 0) is 43.0 Å². The number of amides is 2. The van der Waals surface area contributed by atoms with Crippen LogP contribution < -0.4 is 0 Å². The van der Waals surface area contributed by atoms with Crippen molar-refractivity contribution in [3.05, 3.63) is 65.5 Å². The summed E-state index contributed by atoms with van der Waals surface area (Å²) in [6, 6.07) is 13.8. The third-order valence-corrected chi connectivity index (χ3v) is 7.33. The molecule has 2 amide bonds. The van der Waals surface area contributed by atoms with Crippen LogP contribution in [0.1, 0.15) is 53.3 Å². The van der Waals surface area contributed by atoms with Gasteiger partial charge in [0.2, 0.25) is 5.91 Å². The number of rotatable bonds is 3. The zero-order valence-electron chi connectivity index (χ0n) is 17.5. The number of likely N-dealkylation sites (tertiary alicyclic amines) is 2. The van der Waals surface area contributed by atoms with Gasteiger partial charge in [0.15, 0.2) is 0 Å². The number of aryl methyl sites for hydroxylation is 1. The fraction of sp³-hybridized carbons (Fsp3) is 0.480. The van der Waals surface area contributed by atoms with Gasteiger partial charge in [-0.15, -0.1) is 0 Å². The second-order valence-corrected chi connectivity index (χ2v) is 9.12. The summed E-state index contributed by atoms with van der Waals surface area (Å²) in [5.74, 6) is 1.16. The number of benzene rings is 1. The second kappa shape index (κ2) is 7.86. The summed E-state index contributed by atoms with van der Waals surface area (Å²) in [6.07, 6.45) is 6.10. The van der Waals surface area contributed by atoms with Crippen LogP contribution in [0.5, 0.6) is 0 Å². The van der Waals surface area contributed by atoms with Gasteiger partial charge >= 0.3 is 0 Å². The van der Waals surface area contributed by atoms with Crippen LogP contribution in [0.4, 0.5) is 0 Å². The fourth-order valence-corrected chi connectivity index (χ4v) is 5.82. The van der Waals surface area contributed by atoms with Gasteiger partial charge in [-0.1, -0.05) is 43.2 Å². The molecule has 3 fully saturated rings. The van der Waals surface area contributed by atoms with Crippen molar-refractivity contribution in [1.82, 2.24) is 14.8 Å². The Morgan fingerprint density at radius 3 is 2.47 bits per heavy atom. The van der Waals surface area contributed by atoms with E-state index in [0.29, 0.717) is 24.1 Å². The van der Waals surface area contributed by atoms with Crippen LogP contribution in [0.3, 0.4) is 0 Å². The van der Waals surface area contributed by atoms with Crippen molar-refractivity contribution in [2.45, 2.75) is 38.6 Å². The molecule has 1 aliphatic carbocycles. The molecule has 5 heteroatoms. The molecule has 3 heterocycles. The Morgan fingerprint density at radius 2 is 1.73 bits per heavy atom. The highest BCUT2D eigenvalue weighted by atomic mass is 16.2. The Balaban J connectivity index is 1.44.